The molecule has 0 saturated carbocycles. The van der Waals surface area contributed by atoms with Crippen molar-refractivity contribution in [1.82, 2.24) is 10.6 Å². The van der Waals surface area contributed by atoms with Crippen molar-refractivity contribution in [2.45, 2.75) is 52.1 Å². The average Bonchev–Trinajstić information content (AvgIpc) is 2.66. The van der Waals surface area contributed by atoms with Crippen molar-refractivity contribution in [2.75, 3.05) is 13.1 Å². The fourth-order valence-electron chi connectivity index (χ4n) is 2.95. The van der Waals surface area contributed by atoms with E-state index in [1.54, 1.807) is 18.2 Å². The summed E-state index contributed by atoms with van der Waals surface area (Å²) in [6.45, 7) is 3.67. The second kappa shape index (κ2) is 10.5. The van der Waals surface area contributed by atoms with Crippen LogP contribution in [-0.2, 0) is 14.3 Å². The summed E-state index contributed by atoms with van der Waals surface area (Å²) >= 11 is 0. The highest BCUT2D eigenvalue weighted by Gasteiger charge is 2.18. The third kappa shape index (κ3) is 7.25. The second-order valence-corrected chi connectivity index (χ2v) is 6.83. The number of allylic oxidation sites excluding steroid dienone is 1. The van der Waals surface area contributed by atoms with Gasteiger partial charge in [0, 0.05) is 12.1 Å². The Morgan fingerprint density at radius 3 is 2.70 bits per heavy atom. The van der Waals surface area contributed by atoms with Gasteiger partial charge in [0.1, 0.15) is 6.54 Å². The van der Waals surface area contributed by atoms with Gasteiger partial charge in [-0.2, -0.15) is 0 Å². The van der Waals surface area contributed by atoms with E-state index in [0.29, 0.717) is 12.1 Å². The van der Waals surface area contributed by atoms with Crippen LogP contribution < -0.4 is 10.6 Å². The zero-order valence-corrected chi connectivity index (χ0v) is 16.0. The first kappa shape index (κ1) is 20.7. The molecule has 1 aromatic carbocycles. The van der Waals surface area contributed by atoms with E-state index in [-0.39, 0.29) is 18.4 Å². The van der Waals surface area contributed by atoms with Crippen molar-refractivity contribution in [2.24, 2.45) is 0 Å². The molecule has 2 rings (SSSR count). The maximum atomic E-state index is 12.0. The van der Waals surface area contributed by atoms with Crippen LogP contribution >= 0.6 is 0 Å². The second-order valence-electron chi connectivity index (χ2n) is 6.83. The maximum Gasteiger partial charge on any atom is 0.326 e. The summed E-state index contributed by atoms with van der Waals surface area (Å²) in [7, 11) is 0. The molecule has 2 amide bonds. The summed E-state index contributed by atoms with van der Waals surface area (Å²) in [5.74, 6) is -1.33. The number of ether oxygens (including phenoxy) is 1. The normalized spacial score (nSPS) is 14.7. The summed E-state index contributed by atoms with van der Waals surface area (Å²) in [5.41, 5.74) is 2.81. The van der Waals surface area contributed by atoms with E-state index >= 15 is 0 Å². The largest absolute Gasteiger partial charge is 0.451 e. The molecule has 0 aliphatic heterocycles. The van der Waals surface area contributed by atoms with E-state index < -0.39 is 12.1 Å². The molecule has 1 atom stereocenters. The van der Waals surface area contributed by atoms with Gasteiger partial charge in [-0.15, -0.1) is 0 Å². The van der Waals surface area contributed by atoms with E-state index in [0.717, 1.165) is 24.8 Å². The molecule has 0 saturated heterocycles. The van der Waals surface area contributed by atoms with Crippen LogP contribution in [-0.4, -0.2) is 37.0 Å². The lowest BCUT2D eigenvalue weighted by Crippen LogP contribution is -2.39. The Bertz CT molecular complexity index is 712. The van der Waals surface area contributed by atoms with Crippen molar-refractivity contribution < 1.29 is 19.1 Å². The Morgan fingerprint density at radius 1 is 1.19 bits per heavy atom. The molecule has 0 heterocycles. The fourth-order valence-corrected chi connectivity index (χ4v) is 2.95. The first-order chi connectivity index (χ1) is 13.0. The number of aryl methyl sites for hydroxylation is 1. The first-order valence-electron chi connectivity index (χ1n) is 9.45. The third-order valence-corrected chi connectivity index (χ3v) is 4.48. The lowest BCUT2D eigenvalue weighted by atomic mass is 9.97. The van der Waals surface area contributed by atoms with E-state index in [4.69, 9.17) is 4.74 Å². The molecule has 1 aliphatic rings. The van der Waals surface area contributed by atoms with Crippen LogP contribution in [0.1, 0.15) is 54.9 Å². The van der Waals surface area contributed by atoms with Crippen LogP contribution in [0.5, 0.6) is 0 Å². The van der Waals surface area contributed by atoms with Crippen molar-refractivity contribution >= 4 is 17.8 Å². The number of carbonyl (C=O) groups excluding carboxylic acids is 3. The predicted octanol–water partition coefficient (Wildman–Crippen LogP) is 2.66. The number of hydrogen-bond donors (Lipinski definition) is 2. The minimum absolute atomic E-state index is 0.280. The number of hydrogen-bond acceptors (Lipinski definition) is 4. The molecule has 1 aliphatic carbocycles. The zero-order valence-electron chi connectivity index (χ0n) is 16.0. The Kier molecular flexibility index (Phi) is 8.04. The van der Waals surface area contributed by atoms with Gasteiger partial charge in [-0.1, -0.05) is 29.3 Å². The van der Waals surface area contributed by atoms with Gasteiger partial charge in [0.15, 0.2) is 6.10 Å². The van der Waals surface area contributed by atoms with Crippen LogP contribution in [0.25, 0.3) is 0 Å². The van der Waals surface area contributed by atoms with Crippen LogP contribution in [0.15, 0.2) is 35.9 Å². The lowest BCUT2D eigenvalue weighted by molar-refractivity contribution is -0.153. The Balaban J connectivity index is 1.67. The van der Waals surface area contributed by atoms with Gasteiger partial charge in [-0.25, -0.2) is 0 Å². The van der Waals surface area contributed by atoms with Gasteiger partial charge in [-0.3, -0.25) is 14.4 Å². The van der Waals surface area contributed by atoms with E-state index in [1.807, 2.05) is 13.0 Å². The summed E-state index contributed by atoms with van der Waals surface area (Å²) in [5, 5.41) is 5.29. The minimum atomic E-state index is -0.895. The van der Waals surface area contributed by atoms with Crippen molar-refractivity contribution in [3.05, 3.63) is 47.0 Å². The molecule has 0 spiro atoms. The summed E-state index contributed by atoms with van der Waals surface area (Å²) in [6.07, 6.45) is 6.85. The highest BCUT2D eigenvalue weighted by molar-refractivity contribution is 5.96. The third-order valence-electron chi connectivity index (χ3n) is 4.48. The number of rotatable bonds is 8. The van der Waals surface area contributed by atoms with Crippen LogP contribution in [0.3, 0.4) is 0 Å². The topological polar surface area (TPSA) is 84.5 Å². The summed E-state index contributed by atoms with van der Waals surface area (Å²) in [4.78, 5) is 35.9. The molecule has 6 nitrogen and oxygen atoms in total. The monoisotopic (exact) mass is 372 g/mol. The summed E-state index contributed by atoms with van der Waals surface area (Å²) in [6, 6.07) is 7.07. The van der Waals surface area contributed by atoms with Gasteiger partial charge in [0.2, 0.25) is 0 Å². The molecule has 0 aromatic heterocycles. The van der Waals surface area contributed by atoms with Crippen molar-refractivity contribution in [3.63, 3.8) is 0 Å². The van der Waals surface area contributed by atoms with Crippen molar-refractivity contribution in [1.29, 1.82) is 0 Å². The molecule has 0 unspecified atom stereocenters. The Morgan fingerprint density at radius 2 is 2.00 bits per heavy atom. The van der Waals surface area contributed by atoms with Crippen LogP contribution in [0.2, 0.25) is 0 Å². The number of carbonyl (C=O) groups is 3. The molecule has 0 bridgehead atoms. The number of nitrogens with one attached hydrogen (secondary N) is 2. The van der Waals surface area contributed by atoms with E-state index in [2.05, 4.69) is 16.7 Å². The van der Waals surface area contributed by atoms with Crippen LogP contribution in [0.4, 0.5) is 0 Å². The minimum Gasteiger partial charge on any atom is -0.451 e. The SMILES string of the molecule is Cc1cccc(C(=O)NCC(=O)O[C@H](C)C(=O)NCCC2=CCCCC2)c1. The average molecular weight is 372 g/mol. The summed E-state index contributed by atoms with van der Waals surface area (Å²) < 4.78 is 5.08. The quantitative estimate of drug-likeness (QED) is 0.543. The molecule has 6 heteroatoms. The smallest absolute Gasteiger partial charge is 0.326 e. The zero-order chi connectivity index (χ0) is 19.6. The number of benzene rings is 1. The first-order valence-corrected chi connectivity index (χ1v) is 9.45. The van der Waals surface area contributed by atoms with Gasteiger partial charge in [0.05, 0.1) is 0 Å². The molecule has 1 aromatic rings. The fraction of sp³-hybridized carbons (Fsp3) is 0.476. The molecular weight excluding hydrogens is 344 g/mol. The highest BCUT2D eigenvalue weighted by atomic mass is 16.5. The Labute approximate surface area is 160 Å². The molecule has 0 fully saturated rings. The molecule has 27 heavy (non-hydrogen) atoms. The number of esters is 1. The molecular formula is C21H28N2O4. The predicted molar refractivity (Wildman–Crippen MR) is 103 cm³/mol. The molecule has 146 valence electrons. The lowest BCUT2D eigenvalue weighted by Gasteiger charge is -2.16. The van der Waals surface area contributed by atoms with E-state index in [9.17, 15) is 14.4 Å². The number of amides is 2. The van der Waals surface area contributed by atoms with Gasteiger partial charge < -0.3 is 15.4 Å². The Hall–Kier alpha value is -2.63. The standard InChI is InChI=1S/C21H28N2O4/c1-15-7-6-10-18(13-15)21(26)23-14-19(24)27-16(2)20(25)22-12-11-17-8-4-3-5-9-17/h6-8,10,13,16H,3-5,9,11-12,14H2,1-2H3,(H,22,25)(H,23,26)/t16-/m1/s1. The van der Waals surface area contributed by atoms with E-state index in [1.165, 1.54) is 25.3 Å². The van der Waals surface area contributed by atoms with Gasteiger partial charge in [-0.05, 0) is 58.1 Å². The van der Waals surface area contributed by atoms with Crippen LogP contribution in [0, 0.1) is 6.92 Å². The van der Waals surface area contributed by atoms with Gasteiger partial charge >= 0.3 is 5.97 Å². The van der Waals surface area contributed by atoms with Gasteiger partial charge in [0.25, 0.3) is 11.8 Å². The molecule has 0 radical (unpaired) electrons. The highest BCUT2D eigenvalue weighted by Crippen LogP contribution is 2.19. The molecule has 2 N–H and O–H groups in total. The van der Waals surface area contributed by atoms with Crippen molar-refractivity contribution in [3.8, 4) is 0 Å². The maximum absolute atomic E-state index is 12.0.